The van der Waals surface area contributed by atoms with Crippen LogP contribution in [0.1, 0.15) is 13.8 Å². The van der Waals surface area contributed by atoms with Crippen LogP contribution in [0.4, 0.5) is 0 Å². The molecule has 120 valence electrons. The van der Waals surface area contributed by atoms with Gasteiger partial charge in [-0.05, 0) is 6.16 Å². The number of nitrogens with one attached hydrogen (secondary N) is 2. The molecule has 0 fully saturated rings. The van der Waals surface area contributed by atoms with Gasteiger partial charge in [0.25, 0.3) is 0 Å². The number of nitrogens with zero attached hydrogens (tertiary/aromatic N) is 1. The van der Waals surface area contributed by atoms with Crippen molar-refractivity contribution in [1.29, 1.82) is 5.41 Å². The summed E-state index contributed by atoms with van der Waals surface area (Å²) in [5.41, 5.74) is 5.21. The molecule has 1 unspecified atom stereocenters. The van der Waals surface area contributed by atoms with E-state index in [1.807, 2.05) is 13.8 Å². The molecule has 0 bridgehead atoms. The second-order valence-corrected chi connectivity index (χ2v) is 4.18. The van der Waals surface area contributed by atoms with E-state index in [9.17, 15) is 4.79 Å². The molecule has 1 amide bonds. The second kappa shape index (κ2) is 16.1. The highest BCUT2D eigenvalue weighted by atomic mass is 31.0. The first-order chi connectivity index (χ1) is 9.57. The first-order valence-electron chi connectivity index (χ1n) is 6.75. The number of carbonyl (C=O) groups excluding carboxylic acids is 1. The topological polar surface area (TPSA) is 101 Å². The van der Waals surface area contributed by atoms with Gasteiger partial charge < -0.3 is 25.4 Å². The Labute approximate surface area is 124 Å². The molecule has 20 heavy (non-hydrogen) atoms. The van der Waals surface area contributed by atoms with Gasteiger partial charge in [-0.1, -0.05) is 13.8 Å². The molecule has 0 saturated carbocycles. The van der Waals surface area contributed by atoms with Gasteiger partial charge in [-0.2, -0.15) is 0 Å². The van der Waals surface area contributed by atoms with Crippen LogP contribution in [0, 0.1) is 5.41 Å². The lowest BCUT2D eigenvalue weighted by molar-refractivity contribution is -0.121. The molecule has 7 nitrogen and oxygen atoms in total. The van der Waals surface area contributed by atoms with E-state index in [1.54, 1.807) is 7.05 Å². The first kappa shape index (κ1) is 21.4. The van der Waals surface area contributed by atoms with E-state index in [-0.39, 0.29) is 18.4 Å². The van der Waals surface area contributed by atoms with Crippen molar-refractivity contribution in [2.24, 2.45) is 5.73 Å². The second-order valence-electron chi connectivity index (χ2n) is 3.60. The van der Waals surface area contributed by atoms with E-state index in [2.05, 4.69) is 14.6 Å². The van der Waals surface area contributed by atoms with Crippen LogP contribution in [0.25, 0.3) is 0 Å². The highest BCUT2D eigenvalue weighted by molar-refractivity contribution is 7.16. The van der Waals surface area contributed by atoms with E-state index < -0.39 is 0 Å². The minimum atomic E-state index is -0.185. The predicted octanol–water partition coefficient (Wildman–Crippen LogP) is -0.138. The zero-order chi connectivity index (χ0) is 15.8. The van der Waals surface area contributed by atoms with Crippen LogP contribution < -0.4 is 11.1 Å². The van der Waals surface area contributed by atoms with Crippen LogP contribution in [-0.2, 0) is 14.3 Å². The van der Waals surface area contributed by atoms with Gasteiger partial charge in [-0.3, -0.25) is 10.2 Å². The van der Waals surface area contributed by atoms with E-state index in [0.29, 0.717) is 33.0 Å². The zero-order valence-corrected chi connectivity index (χ0v) is 13.9. The average Bonchev–Trinajstić information content (AvgIpc) is 2.43. The number of likely N-dealkylation sites (N-methyl/N-ethyl adjacent to an activating group) is 1. The molecule has 0 aromatic rings. The summed E-state index contributed by atoms with van der Waals surface area (Å²) in [6, 6.07) is 0. The number of hydrogen-bond acceptors (Lipinski definition) is 4. The molecule has 0 aliphatic rings. The van der Waals surface area contributed by atoms with Crippen LogP contribution in [0.3, 0.4) is 0 Å². The maximum atomic E-state index is 11.3. The molecule has 0 heterocycles. The zero-order valence-electron chi connectivity index (χ0n) is 12.8. The number of carbonyl (C=O) groups is 1. The predicted molar refractivity (Wildman–Crippen MR) is 85.1 cm³/mol. The smallest absolute Gasteiger partial charge is 0.239 e. The fraction of sp³-hybridized carbons (Fsp3) is 0.833. The van der Waals surface area contributed by atoms with E-state index in [1.165, 1.54) is 4.90 Å². The Morgan fingerprint density at radius 2 is 1.80 bits per heavy atom. The van der Waals surface area contributed by atoms with Crippen molar-refractivity contribution >= 4 is 21.1 Å². The van der Waals surface area contributed by atoms with Crippen LogP contribution in [0.5, 0.6) is 0 Å². The third kappa shape index (κ3) is 15.1. The SMILES string of the molecule is CC.CN(CC(=O)NCCOCCOCCP)C(=N)N. The standard InChI is InChI=1S/C10H23N4O3P.C2H6/c1-14(10(11)12)8-9(15)13-2-3-16-4-5-17-6-7-18;1-2/h2-8,18H2,1H3,(H3,11,12)(H,13,15);1-2H3. The third-order valence-electron chi connectivity index (χ3n) is 1.99. The highest BCUT2D eigenvalue weighted by Gasteiger charge is 2.06. The lowest BCUT2D eigenvalue weighted by Gasteiger charge is -2.15. The Hall–Kier alpha value is -0.910. The van der Waals surface area contributed by atoms with Crippen LogP contribution in [-0.4, -0.2) is 69.5 Å². The lowest BCUT2D eigenvalue weighted by atomic mass is 10.5. The Balaban J connectivity index is 0. The van der Waals surface area contributed by atoms with Gasteiger partial charge in [0, 0.05) is 13.6 Å². The quantitative estimate of drug-likeness (QED) is 0.226. The number of rotatable bonds is 10. The van der Waals surface area contributed by atoms with Crippen molar-refractivity contribution in [1.82, 2.24) is 10.2 Å². The molecule has 0 saturated heterocycles. The highest BCUT2D eigenvalue weighted by Crippen LogP contribution is 1.83. The average molecular weight is 308 g/mol. The number of amides is 1. The monoisotopic (exact) mass is 308 g/mol. The Morgan fingerprint density at radius 1 is 1.25 bits per heavy atom. The summed E-state index contributed by atoms with van der Waals surface area (Å²) in [4.78, 5) is 12.7. The van der Waals surface area contributed by atoms with Gasteiger partial charge in [0.05, 0.1) is 33.0 Å². The summed E-state index contributed by atoms with van der Waals surface area (Å²) < 4.78 is 10.5. The van der Waals surface area contributed by atoms with Crippen LogP contribution in [0.2, 0.25) is 0 Å². The molecule has 4 N–H and O–H groups in total. The van der Waals surface area contributed by atoms with Crippen molar-refractivity contribution in [2.45, 2.75) is 13.8 Å². The van der Waals surface area contributed by atoms with Crippen molar-refractivity contribution in [2.75, 3.05) is 52.7 Å². The summed E-state index contributed by atoms with van der Waals surface area (Å²) in [6.45, 7) is 6.76. The molecule has 0 aromatic heterocycles. The first-order valence-corrected chi connectivity index (χ1v) is 7.57. The van der Waals surface area contributed by atoms with Crippen molar-refractivity contribution in [3.05, 3.63) is 0 Å². The number of hydrogen-bond donors (Lipinski definition) is 3. The minimum Gasteiger partial charge on any atom is -0.379 e. The largest absolute Gasteiger partial charge is 0.379 e. The Morgan fingerprint density at radius 3 is 2.30 bits per heavy atom. The third-order valence-corrected chi connectivity index (χ3v) is 2.23. The number of guanidine groups is 1. The van der Waals surface area contributed by atoms with Crippen LogP contribution >= 0.6 is 9.24 Å². The molecule has 8 heteroatoms. The van der Waals surface area contributed by atoms with Crippen LogP contribution in [0.15, 0.2) is 0 Å². The molecule has 0 radical (unpaired) electrons. The lowest BCUT2D eigenvalue weighted by Crippen LogP contribution is -2.42. The van der Waals surface area contributed by atoms with Gasteiger partial charge in [0.15, 0.2) is 5.96 Å². The molecule has 0 aliphatic heterocycles. The molecular weight excluding hydrogens is 279 g/mol. The molecule has 0 spiro atoms. The maximum Gasteiger partial charge on any atom is 0.239 e. The van der Waals surface area contributed by atoms with E-state index in [0.717, 1.165) is 6.16 Å². The van der Waals surface area contributed by atoms with Gasteiger partial charge >= 0.3 is 0 Å². The van der Waals surface area contributed by atoms with E-state index >= 15 is 0 Å². The summed E-state index contributed by atoms with van der Waals surface area (Å²) >= 11 is 0. The van der Waals surface area contributed by atoms with Gasteiger partial charge in [0.1, 0.15) is 0 Å². The molecule has 0 rings (SSSR count). The van der Waals surface area contributed by atoms with Gasteiger partial charge in [0.2, 0.25) is 5.91 Å². The normalized spacial score (nSPS) is 9.40. The summed E-state index contributed by atoms with van der Waals surface area (Å²) in [6.07, 6.45) is 0.916. The summed E-state index contributed by atoms with van der Waals surface area (Å²) in [5, 5.41) is 9.77. The van der Waals surface area contributed by atoms with E-state index in [4.69, 9.17) is 20.6 Å². The Bertz CT molecular complexity index is 255. The summed E-state index contributed by atoms with van der Waals surface area (Å²) in [5.74, 6) is -0.316. The minimum absolute atomic E-state index is 0.0760. The van der Waals surface area contributed by atoms with Gasteiger partial charge in [-0.25, -0.2) is 0 Å². The number of ether oxygens (including phenoxy) is 2. The summed E-state index contributed by atoms with van der Waals surface area (Å²) in [7, 11) is 4.17. The molecule has 0 aromatic carbocycles. The molecular formula is C12H29N4O3P. The molecule has 1 atom stereocenters. The Kier molecular flexibility index (Phi) is 17.3. The van der Waals surface area contributed by atoms with Crippen molar-refractivity contribution in [3.63, 3.8) is 0 Å². The van der Waals surface area contributed by atoms with Crippen molar-refractivity contribution in [3.8, 4) is 0 Å². The van der Waals surface area contributed by atoms with Crippen molar-refractivity contribution < 1.29 is 14.3 Å². The maximum absolute atomic E-state index is 11.3. The molecule has 0 aliphatic carbocycles. The number of nitrogens with two attached hydrogens (primary N) is 1. The fourth-order valence-corrected chi connectivity index (χ4v) is 1.19. The van der Waals surface area contributed by atoms with Gasteiger partial charge in [-0.15, -0.1) is 9.24 Å². The fourth-order valence-electron chi connectivity index (χ4n) is 1.02.